The smallest absolute Gasteiger partial charge is 0.0874 e. The van der Waals surface area contributed by atoms with Gasteiger partial charge in [-0.3, -0.25) is 4.98 Å². The molecule has 0 bridgehead atoms. The van der Waals surface area contributed by atoms with E-state index >= 15 is 0 Å². The zero-order valence-electron chi connectivity index (χ0n) is 10.6. The van der Waals surface area contributed by atoms with Gasteiger partial charge in [0.05, 0.1) is 22.6 Å². The van der Waals surface area contributed by atoms with Gasteiger partial charge in [-0.15, -0.1) is 0 Å². The summed E-state index contributed by atoms with van der Waals surface area (Å²) in [7, 11) is 0. The summed E-state index contributed by atoms with van der Waals surface area (Å²) in [4.78, 5) is 4.17. The minimum absolute atomic E-state index is 0.647. The van der Waals surface area contributed by atoms with Crippen LogP contribution in [0.1, 0.15) is 19.4 Å². The van der Waals surface area contributed by atoms with Crippen molar-refractivity contribution in [3.8, 4) is 5.69 Å². The van der Waals surface area contributed by atoms with Crippen LogP contribution in [0.15, 0.2) is 35.3 Å². The Morgan fingerprint density at radius 3 is 2.89 bits per heavy atom. The van der Waals surface area contributed by atoms with E-state index in [0.717, 1.165) is 23.2 Å². The molecule has 4 nitrogen and oxygen atoms in total. The van der Waals surface area contributed by atoms with E-state index in [4.69, 9.17) is 0 Å². The third kappa shape index (κ3) is 3.40. The number of nitrogens with one attached hydrogen (secondary N) is 1. The molecule has 0 spiro atoms. The van der Waals surface area contributed by atoms with Crippen molar-refractivity contribution in [3.05, 3.63) is 40.9 Å². The zero-order chi connectivity index (χ0) is 13.0. The van der Waals surface area contributed by atoms with Crippen molar-refractivity contribution in [1.29, 1.82) is 0 Å². The molecule has 0 atom stereocenters. The maximum Gasteiger partial charge on any atom is 0.0874 e. The minimum atomic E-state index is 0.647. The molecule has 0 aliphatic carbocycles. The number of halogens is 1. The van der Waals surface area contributed by atoms with Crippen molar-refractivity contribution in [2.75, 3.05) is 6.54 Å². The number of pyridine rings is 1. The summed E-state index contributed by atoms with van der Waals surface area (Å²) >= 11 is 3.41. The first-order valence-corrected chi connectivity index (χ1v) is 6.80. The van der Waals surface area contributed by atoms with Crippen LogP contribution >= 0.6 is 15.9 Å². The largest absolute Gasteiger partial charge is 0.312 e. The Balaban J connectivity index is 2.15. The average Bonchev–Trinajstić information content (AvgIpc) is 2.76. The van der Waals surface area contributed by atoms with E-state index in [2.05, 4.69) is 45.2 Å². The van der Waals surface area contributed by atoms with Gasteiger partial charge in [-0.1, -0.05) is 13.8 Å². The van der Waals surface area contributed by atoms with Crippen LogP contribution in [0.3, 0.4) is 0 Å². The van der Waals surface area contributed by atoms with Gasteiger partial charge in [0.1, 0.15) is 0 Å². The van der Waals surface area contributed by atoms with E-state index in [1.54, 1.807) is 6.20 Å². The SMILES string of the molecule is CC(C)CNCc1ccncc1-n1cc(Br)cn1. The molecule has 2 aromatic rings. The van der Waals surface area contributed by atoms with Crippen LogP contribution in [0, 0.1) is 5.92 Å². The first kappa shape index (κ1) is 13.2. The van der Waals surface area contributed by atoms with E-state index < -0.39 is 0 Å². The monoisotopic (exact) mass is 308 g/mol. The van der Waals surface area contributed by atoms with Gasteiger partial charge < -0.3 is 5.32 Å². The van der Waals surface area contributed by atoms with Crippen LogP contribution in [0.4, 0.5) is 0 Å². The zero-order valence-corrected chi connectivity index (χ0v) is 12.2. The fourth-order valence-corrected chi connectivity index (χ4v) is 1.98. The second-order valence-corrected chi connectivity index (χ2v) is 5.55. The number of hydrogen-bond acceptors (Lipinski definition) is 3. The first-order valence-electron chi connectivity index (χ1n) is 6.01. The van der Waals surface area contributed by atoms with E-state index in [9.17, 15) is 0 Å². The van der Waals surface area contributed by atoms with Crippen LogP contribution in [-0.4, -0.2) is 21.3 Å². The molecule has 0 saturated heterocycles. The third-order valence-electron chi connectivity index (χ3n) is 2.55. The van der Waals surface area contributed by atoms with Gasteiger partial charge in [-0.05, 0) is 40.0 Å². The summed E-state index contributed by atoms with van der Waals surface area (Å²) in [5.41, 5.74) is 2.21. The molecule has 2 rings (SSSR count). The van der Waals surface area contributed by atoms with Gasteiger partial charge in [0.25, 0.3) is 0 Å². The molecule has 0 fully saturated rings. The van der Waals surface area contributed by atoms with Gasteiger partial charge in [0, 0.05) is 18.9 Å². The highest BCUT2D eigenvalue weighted by atomic mass is 79.9. The summed E-state index contributed by atoms with van der Waals surface area (Å²) in [5.74, 6) is 0.647. The molecular weight excluding hydrogens is 292 g/mol. The Hall–Kier alpha value is -1.20. The highest BCUT2D eigenvalue weighted by Gasteiger charge is 2.06. The van der Waals surface area contributed by atoms with Crippen LogP contribution < -0.4 is 5.32 Å². The Labute approximate surface area is 116 Å². The molecule has 5 heteroatoms. The highest BCUT2D eigenvalue weighted by Crippen LogP contribution is 2.15. The van der Waals surface area contributed by atoms with Crippen molar-refractivity contribution in [2.45, 2.75) is 20.4 Å². The second-order valence-electron chi connectivity index (χ2n) is 4.63. The Morgan fingerprint density at radius 2 is 2.22 bits per heavy atom. The van der Waals surface area contributed by atoms with E-state index in [1.807, 2.05) is 29.3 Å². The minimum Gasteiger partial charge on any atom is -0.312 e. The molecule has 18 heavy (non-hydrogen) atoms. The lowest BCUT2D eigenvalue weighted by atomic mass is 10.2. The molecule has 0 aliphatic heterocycles. The first-order chi connectivity index (χ1) is 8.66. The molecular formula is C13H17BrN4. The van der Waals surface area contributed by atoms with Crippen molar-refractivity contribution in [3.63, 3.8) is 0 Å². The molecule has 0 unspecified atom stereocenters. The van der Waals surface area contributed by atoms with E-state index in [1.165, 1.54) is 5.56 Å². The number of hydrogen-bond donors (Lipinski definition) is 1. The quantitative estimate of drug-likeness (QED) is 0.923. The lowest BCUT2D eigenvalue weighted by Crippen LogP contribution is -2.20. The molecule has 2 heterocycles. The maximum absolute atomic E-state index is 4.29. The van der Waals surface area contributed by atoms with Crippen molar-refractivity contribution >= 4 is 15.9 Å². The van der Waals surface area contributed by atoms with Gasteiger partial charge in [0.2, 0.25) is 0 Å². The second kappa shape index (κ2) is 6.11. The van der Waals surface area contributed by atoms with E-state index in [0.29, 0.717) is 5.92 Å². The average molecular weight is 309 g/mol. The molecule has 2 aromatic heterocycles. The maximum atomic E-state index is 4.29. The Morgan fingerprint density at radius 1 is 1.39 bits per heavy atom. The van der Waals surface area contributed by atoms with Crippen LogP contribution in [0.5, 0.6) is 0 Å². The highest BCUT2D eigenvalue weighted by molar-refractivity contribution is 9.10. The molecule has 0 aliphatic rings. The van der Waals surface area contributed by atoms with Crippen LogP contribution in [0.2, 0.25) is 0 Å². The lowest BCUT2D eigenvalue weighted by molar-refractivity contribution is 0.551. The van der Waals surface area contributed by atoms with Crippen LogP contribution in [0.25, 0.3) is 5.69 Å². The molecule has 0 saturated carbocycles. The predicted molar refractivity (Wildman–Crippen MR) is 75.6 cm³/mol. The van der Waals surface area contributed by atoms with Crippen molar-refractivity contribution in [2.24, 2.45) is 5.92 Å². The van der Waals surface area contributed by atoms with Crippen molar-refractivity contribution < 1.29 is 0 Å². The number of rotatable bonds is 5. The van der Waals surface area contributed by atoms with Crippen LogP contribution in [-0.2, 0) is 6.54 Å². The Kier molecular flexibility index (Phi) is 4.49. The summed E-state index contributed by atoms with van der Waals surface area (Å²) in [6.45, 7) is 6.23. The van der Waals surface area contributed by atoms with Gasteiger partial charge in [-0.25, -0.2) is 4.68 Å². The van der Waals surface area contributed by atoms with Gasteiger partial charge in [0.15, 0.2) is 0 Å². The molecule has 0 amide bonds. The molecule has 1 N–H and O–H groups in total. The predicted octanol–water partition coefficient (Wildman–Crippen LogP) is 2.78. The summed E-state index contributed by atoms with van der Waals surface area (Å²) in [5, 5.41) is 7.73. The Bertz CT molecular complexity index is 507. The summed E-state index contributed by atoms with van der Waals surface area (Å²) in [6.07, 6.45) is 7.36. The molecule has 0 aromatic carbocycles. The topological polar surface area (TPSA) is 42.7 Å². The molecule has 0 radical (unpaired) electrons. The van der Waals surface area contributed by atoms with E-state index in [-0.39, 0.29) is 0 Å². The summed E-state index contributed by atoms with van der Waals surface area (Å²) < 4.78 is 2.80. The van der Waals surface area contributed by atoms with Crippen molar-refractivity contribution in [1.82, 2.24) is 20.1 Å². The number of nitrogens with zero attached hydrogens (tertiary/aromatic N) is 3. The van der Waals surface area contributed by atoms with Gasteiger partial charge >= 0.3 is 0 Å². The van der Waals surface area contributed by atoms with Gasteiger partial charge in [-0.2, -0.15) is 5.10 Å². The lowest BCUT2D eigenvalue weighted by Gasteiger charge is -2.11. The molecule has 96 valence electrons. The fourth-order valence-electron chi connectivity index (χ4n) is 1.70. The fraction of sp³-hybridized carbons (Fsp3) is 0.385. The number of aromatic nitrogens is 3. The third-order valence-corrected chi connectivity index (χ3v) is 2.96. The standard InChI is InChI=1S/C13H17BrN4/c1-10(2)5-16-6-11-3-4-15-8-13(11)18-9-12(14)7-17-18/h3-4,7-10,16H,5-6H2,1-2H3. The summed E-state index contributed by atoms with van der Waals surface area (Å²) in [6, 6.07) is 2.03. The normalized spacial score (nSPS) is 11.1.